The van der Waals surface area contributed by atoms with Gasteiger partial charge >= 0.3 is 5.97 Å². The molecule has 5 heteroatoms. The van der Waals surface area contributed by atoms with Crippen LogP contribution in [0.2, 0.25) is 0 Å². The molecule has 0 fully saturated rings. The Morgan fingerprint density at radius 1 is 1.36 bits per heavy atom. The van der Waals surface area contributed by atoms with Gasteiger partial charge in [-0.2, -0.15) is 16.4 Å². The number of esters is 1. The van der Waals surface area contributed by atoms with Crippen molar-refractivity contribution in [1.82, 2.24) is 5.06 Å². The minimum Gasteiger partial charge on any atom is -0.463 e. The number of nitrogens with zero attached hydrogens (tertiary/aromatic N) is 1. The van der Waals surface area contributed by atoms with Gasteiger partial charge in [0.25, 0.3) is 0 Å². The predicted octanol–water partition coefficient (Wildman–Crippen LogP) is 3.88. The number of rotatable bonds is 4. The molecular weight excluding hydrogens is 298 g/mol. The molecule has 1 N–H and O–H groups in total. The van der Waals surface area contributed by atoms with E-state index in [1.807, 2.05) is 39.1 Å². The minimum atomic E-state index is -0.593. The lowest BCUT2D eigenvalue weighted by Crippen LogP contribution is -2.48. The van der Waals surface area contributed by atoms with Crippen molar-refractivity contribution in [2.45, 2.75) is 45.7 Å². The minimum absolute atomic E-state index is 0.348. The molecule has 4 nitrogen and oxygen atoms in total. The van der Waals surface area contributed by atoms with E-state index in [9.17, 15) is 10.0 Å². The van der Waals surface area contributed by atoms with E-state index in [2.05, 4.69) is 5.38 Å². The molecule has 0 bridgehead atoms. The van der Waals surface area contributed by atoms with E-state index >= 15 is 0 Å². The first kappa shape index (κ1) is 16.9. The highest BCUT2D eigenvalue weighted by Gasteiger charge is 2.50. The maximum Gasteiger partial charge on any atom is 0.330 e. The number of hydrogen-bond acceptors (Lipinski definition) is 5. The van der Waals surface area contributed by atoms with Gasteiger partial charge in [0.1, 0.15) is 0 Å². The first-order valence-electron chi connectivity index (χ1n) is 7.34. The normalized spacial score (nSPS) is 20.8. The van der Waals surface area contributed by atoms with Crippen LogP contribution in [-0.2, 0) is 9.53 Å². The van der Waals surface area contributed by atoms with E-state index in [0.29, 0.717) is 6.61 Å². The molecule has 1 aromatic rings. The zero-order chi connectivity index (χ0) is 16.5. The molecule has 22 heavy (non-hydrogen) atoms. The molecule has 1 aromatic heterocycles. The second kappa shape index (κ2) is 5.99. The van der Waals surface area contributed by atoms with Crippen molar-refractivity contribution in [1.29, 1.82) is 0 Å². The molecule has 1 aliphatic rings. The fraction of sp³-hybridized carbons (Fsp3) is 0.471. The van der Waals surface area contributed by atoms with Gasteiger partial charge in [-0.25, -0.2) is 4.79 Å². The van der Waals surface area contributed by atoms with Crippen LogP contribution in [0.4, 0.5) is 0 Å². The van der Waals surface area contributed by atoms with Crippen LogP contribution in [0, 0.1) is 0 Å². The lowest BCUT2D eigenvalue weighted by Gasteiger charge is -2.36. The third kappa shape index (κ3) is 2.76. The van der Waals surface area contributed by atoms with Gasteiger partial charge in [-0.15, -0.1) is 0 Å². The molecule has 0 aliphatic carbocycles. The fourth-order valence-electron chi connectivity index (χ4n) is 3.10. The standard InChI is InChI=1S/C17H23NO3S/c1-6-21-14(19)8-7-13-15(12-9-10-22-11-12)17(4,5)18(20)16(13,2)3/h7-11,20H,6H2,1-5H3/b8-7+. The van der Waals surface area contributed by atoms with Gasteiger partial charge in [-0.05, 0) is 74.2 Å². The molecule has 0 saturated carbocycles. The first-order chi connectivity index (χ1) is 10.2. The molecule has 2 rings (SSSR count). The lowest BCUT2D eigenvalue weighted by atomic mass is 9.87. The summed E-state index contributed by atoms with van der Waals surface area (Å²) in [5, 5.41) is 16.1. The van der Waals surface area contributed by atoms with E-state index in [0.717, 1.165) is 16.7 Å². The Bertz CT molecular complexity index is 612. The molecule has 0 amide bonds. The van der Waals surface area contributed by atoms with Gasteiger partial charge in [-0.3, -0.25) is 0 Å². The zero-order valence-corrected chi connectivity index (χ0v) is 14.5. The Kier molecular flexibility index (Phi) is 4.61. The number of hydroxylamine groups is 2. The molecule has 0 atom stereocenters. The molecular formula is C17H23NO3S. The SMILES string of the molecule is CCOC(=O)/C=C/C1=C(c2ccsc2)C(C)(C)N(O)C1(C)C. The van der Waals surface area contributed by atoms with Crippen LogP contribution in [0.1, 0.15) is 40.2 Å². The number of thiophene rings is 1. The fourth-order valence-corrected chi connectivity index (χ4v) is 3.75. The summed E-state index contributed by atoms with van der Waals surface area (Å²) in [6, 6.07) is 2.04. The molecule has 2 heterocycles. The zero-order valence-electron chi connectivity index (χ0n) is 13.7. The highest BCUT2D eigenvalue weighted by atomic mass is 32.1. The van der Waals surface area contributed by atoms with Gasteiger partial charge in [0, 0.05) is 6.08 Å². The van der Waals surface area contributed by atoms with Gasteiger partial charge in [0.05, 0.1) is 17.7 Å². The Balaban J connectivity index is 2.55. The summed E-state index contributed by atoms with van der Waals surface area (Å²) in [6.45, 7) is 9.97. The van der Waals surface area contributed by atoms with Crippen LogP contribution >= 0.6 is 11.3 Å². The highest BCUT2D eigenvalue weighted by molar-refractivity contribution is 7.08. The molecule has 1 aliphatic heterocycles. The number of hydrogen-bond donors (Lipinski definition) is 1. The van der Waals surface area contributed by atoms with E-state index < -0.39 is 11.1 Å². The number of carbonyl (C=O) groups is 1. The maximum absolute atomic E-state index is 11.6. The van der Waals surface area contributed by atoms with E-state index in [4.69, 9.17) is 4.74 Å². The summed E-state index contributed by atoms with van der Waals surface area (Å²) in [4.78, 5) is 11.6. The van der Waals surface area contributed by atoms with Crippen LogP contribution in [0.25, 0.3) is 5.57 Å². The average molecular weight is 321 g/mol. The Hall–Kier alpha value is -1.43. The summed E-state index contributed by atoms with van der Waals surface area (Å²) < 4.78 is 4.95. The molecule has 0 unspecified atom stereocenters. The van der Waals surface area contributed by atoms with Crippen LogP contribution in [0.3, 0.4) is 0 Å². The van der Waals surface area contributed by atoms with Crippen LogP contribution < -0.4 is 0 Å². The van der Waals surface area contributed by atoms with Crippen molar-refractivity contribution >= 4 is 22.9 Å². The van der Waals surface area contributed by atoms with Gasteiger partial charge < -0.3 is 9.94 Å². The smallest absolute Gasteiger partial charge is 0.330 e. The predicted molar refractivity (Wildman–Crippen MR) is 88.8 cm³/mol. The van der Waals surface area contributed by atoms with Gasteiger partial charge in [-0.1, -0.05) is 0 Å². The monoisotopic (exact) mass is 321 g/mol. The molecule has 0 radical (unpaired) electrons. The van der Waals surface area contributed by atoms with Gasteiger partial charge in [0.2, 0.25) is 0 Å². The third-order valence-electron chi connectivity index (χ3n) is 4.08. The first-order valence-corrected chi connectivity index (χ1v) is 8.29. The van der Waals surface area contributed by atoms with Crippen LogP contribution in [-0.4, -0.2) is 33.9 Å². The van der Waals surface area contributed by atoms with Crippen molar-refractivity contribution in [3.05, 3.63) is 40.1 Å². The topological polar surface area (TPSA) is 49.8 Å². The molecule has 0 aromatic carbocycles. The van der Waals surface area contributed by atoms with Crippen molar-refractivity contribution < 1.29 is 14.7 Å². The second-order valence-corrected chi connectivity index (χ2v) is 7.10. The lowest BCUT2D eigenvalue weighted by molar-refractivity contribution is -0.182. The van der Waals surface area contributed by atoms with Crippen LogP contribution in [0.5, 0.6) is 0 Å². The quantitative estimate of drug-likeness (QED) is 0.675. The van der Waals surface area contributed by atoms with Crippen molar-refractivity contribution in [2.24, 2.45) is 0 Å². The van der Waals surface area contributed by atoms with Crippen molar-refractivity contribution in [3.63, 3.8) is 0 Å². The largest absolute Gasteiger partial charge is 0.463 e. The Morgan fingerprint density at radius 3 is 2.59 bits per heavy atom. The summed E-state index contributed by atoms with van der Waals surface area (Å²) in [7, 11) is 0. The van der Waals surface area contributed by atoms with E-state index in [-0.39, 0.29) is 5.97 Å². The summed E-state index contributed by atoms with van der Waals surface area (Å²) >= 11 is 1.61. The molecule has 120 valence electrons. The van der Waals surface area contributed by atoms with Crippen molar-refractivity contribution in [2.75, 3.05) is 6.61 Å². The van der Waals surface area contributed by atoms with Crippen molar-refractivity contribution in [3.8, 4) is 0 Å². The average Bonchev–Trinajstić information content (AvgIpc) is 2.99. The highest BCUT2D eigenvalue weighted by Crippen LogP contribution is 2.49. The Morgan fingerprint density at radius 2 is 2.05 bits per heavy atom. The molecule has 0 saturated heterocycles. The summed E-state index contributed by atoms with van der Waals surface area (Å²) in [5.74, 6) is -0.371. The summed E-state index contributed by atoms with van der Waals surface area (Å²) in [5.41, 5.74) is 1.89. The van der Waals surface area contributed by atoms with Gasteiger partial charge in [0.15, 0.2) is 0 Å². The third-order valence-corrected chi connectivity index (χ3v) is 4.77. The summed E-state index contributed by atoms with van der Waals surface area (Å²) in [6.07, 6.45) is 3.20. The Labute approximate surface area is 135 Å². The van der Waals surface area contributed by atoms with E-state index in [1.54, 1.807) is 24.3 Å². The van der Waals surface area contributed by atoms with Crippen LogP contribution in [0.15, 0.2) is 34.6 Å². The van der Waals surface area contributed by atoms with E-state index in [1.165, 1.54) is 11.1 Å². The molecule has 0 spiro atoms. The number of ether oxygens (including phenoxy) is 1. The maximum atomic E-state index is 11.6. The number of carbonyl (C=O) groups excluding carboxylic acids is 1. The second-order valence-electron chi connectivity index (χ2n) is 6.32.